The quantitative estimate of drug-likeness (QED) is 0.549. The molecule has 2 aromatic rings. The van der Waals surface area contributed by atoms with Gasteiger partial charge in [-0.25, -0.2) is 10.2 Å². The minimum absolute atomic E-state index is 0.141. The summed E-state index contributed by atoms with van der Waals surface area (Å²) >= 11 is 0. The molecule has 1 amide bonds. The number of amides is 1. The van der Waals surface area contributed by atoms with Crippen LogP contribution in [0.15, 0.2) is 38.6 Å². The predicted molar refractivity (Wildman–Crippen MR) is 119 cm³/mol. The number of rotatable bonds is 4. The van der Waals surface area contributed by atoms with Gasteiger partial charge in [-0.05, 0) is 50.3 Å². The first-order chi connectivity index (χ1) is 14.6. The molecule has 1 aliphatic carbocycles. The van der Waals surface area contributed by atoms with Crippen LogP contribution in [-0.2, 0) is 4.79 Å². The number of hydrogen-bond donors (Lipinski definition) is 1. The lowest BCUT2D eigenvalue weighted by atomic mass is 10.00. The van der Waals surface area contributed by atoms with Crippen molar-refractivity contribution in [3.63, 3.8) is 0 Å². The van der Waals surface area contributed by atoms with Gasteiger partial charge in [0.25, 0.3) is 5.91 Å². The number of carbonyl (C=O) groups excluding carboxylic acids is 1. The van der Waals surface area contributed by atoms with E-state index in [0.717, 1.165) is 42.3 Å². The first-order valence-electron chi connectivity index (χ1n) is 11.1. The molecule has 0 bridgehead atoms. The average molecular weight is 413 g/mol. The number of fused-ring (bicyclic) bond motifs is 1. The van der Waals surface area contributed by atoms with Crippen LogP contribution in [-0.4, -0.2) is 18.2 Å². The van der Waals surface area contributed by atoms with Gasteiger partial charge in [-0.3, -0.25) is 4.79 Å². The fourth-order valence-electron chi connectivity index (χ4n) is 3.85. The van der Waals surface area contributed by atoms with Crippen LogP contribution >= 0.6 is 0 Å². The standard InChI is InChI=1S/C24H32N2O4/c1-18-15-24(28)30-22-16-20(13-14-21(18)22)29-17-23(27)26-25-19-11-9-7-5-3-2-4-6-8-10-12-19/h13-16H,2-12,17H2,1H3,(H,26,27). The van der Waals surface area contributed by atoms with E-state index >= 15 is 0 Å². The van der Waals surface area contributed by atoms with E-state index in [1.54, 1.807) is 12.1 Å². The first-order valence-corrected chi connectivity index (χ1v) is 11.1. The zero-order valence-corrected chi connectivity index (χ0v) is 17.9. The number of nitrogens with zero attached hydrogens (tertiary/aromatic N) is 1. The molecule has 6 heteroatoms. The van der Waals surface area contributed by atoms with Gasteiger partial charge in [0.05, 0.1) is 0 Å². The van der Waals surface area contributed by atoms with Crippen molar-refractivity contribution in [2.24, 2.45) is 5.10 Å². The summed E-state index contributed by atoms with van der Waals surface area (Å²) in [5.74, 6) is 0.185. The Balaban J connectivity index is 1.52. The maximum Gasteiger partial charge on any atom is 0.336 e. The Labute approximate surface area is 177 Å². The number of hydrazone groups is 1. The molecular formula is C24H32N2O4. The molecule has 30 heavy (non-hydrogen) atoms. The third-order valence-electron chi connectivity index (χ3n) is 5.56. The molecule has 0 saturated heterocycles. The average Bonchev–Trinajstić information content (AvgIpc) is 2.71. The second kappa shape index (κ2) is 11.5. The van der Waals surface area contributed by atoms with Crippen LogP contribution in [0.1, 0.15) is 76.2 Å². The van der Waals surface area contributed by atoms with Crippen molar-refractivity contribution in [1.29, 1.82) is 0 Å². The molecule has 162 valence electrons. The highest BCUT2D eigenvalue weighted by Crippen LogP contribution is 2.22. The van der Waals surface area contributed by atoms with Gasteiger partial charge < -0.3 is 9.15 Å². The summed E-state index contributed by atoms with van der Waals surface area (Å²) in [6.07, 6.45) is 13.2. The normalized spacial score (nSPS) is 16.4. The van der Waals surface area contributed by atoms with Crippen molar-refractivity contribution in [3.05, 3.63) is 40.2 Å². The van der Waals surface area contributed by atoms with Crippen LogP contribution in [0.3, 0.4) is 0 Å². The largest absolute Gasteiger partial charge is 0.484 e. The molecule has 3 rings (SSSR count). The van der Waals surface area contributed by atoms with Gasteiger partial charge in [0.1, 0.15) is 11.3 Å². The second-order valence-electron chi connectivity index (χ2n) is 8.09. The Bertz CT molecular complexity index is 918. The van der Waals surface area contributed by atoms with Crippen molar-refractivity contribution >= 4 is 22.6 Å². The van der Waals surface area contributed by atoms with Crippen LogP contribution in [0.2, 0.25) is 0 Å². The Morgan fingerprint density at radius 3 is 2.30 bits per heavy atom. The van der Waals surface area contributed by atoms with Crippen LogP contribution in [0.5, 0.6) is 5.75 Å². The zero-order valence-electron chi connectivity index (χ0n) is 17.9. The molecule has 1 fully saturated rings. The summed E-state index contributed by atoms with van der Waals surface area (Å²) in [5, 5.41) is 5.22. The van der Waals surface area contributed by atoms with E-state index < -0.39 is 5.63 Å². The number of nitrogens with one attached hydrogen (secondary N) is 1. The number of ether oxygens (including phenoxy) is 1. The van der Waals surface area contributed by atoms with Gasteiger partial charge in [0.2, 0.25) is 0 Å². The molecular weight excluding hydrogens is 380 g/mol. The van der Waals surface area contributed by atoms with Gasteiger partial charge in [-0.15, -0.1) is 0 Å². The van der Waals surface area contributed by atoms with E-state index in [1.807, 2.05) is 13.0 Å². The Morgan fingerprint density at radius 1 is 1.00 bits per heavy atom. The minimum Gasteiger partial charge on any atom is -0.484 e. The number of aryl methyl sites for hydroxylation is 1. The van der Waals surface area contributed by atoms with Gasteiger partial charge in [0.15, 0.2) is 6.61 Å². The summed E-state index contributed by atoms with van der Waals surface area (Å²) < 4.78 is 10.8. The Kier molecular flexibility index (Phi) is 8.48. The molecule has 6 nitrogen and oxygen atoms in total. The lowest BCUT2D eigenvalue weighted by Gasteiger charge is -2.10. The van der Waals surface area contributed by atoms with Crippen LogP contribution < -0.4 is 15.8 Å². The van der Waals surface area contributed by atoms with Crippen LogP contribution in [0.25, 0.3) is 11.0 Å². The molecule has 0 spiro atoms. The lowest BCUT2D eigenvalue weighted by molar-refractivity contribution is -0.123. The van der Waals surface area contributed by atoms with E-state index in [9.17, 15) is 9.59 Å². The smallest absolute Gasteiger partial charge is 0.336 e. The van der Waals surface area contributed by atoms with Gasteiger partial charge in [0, 0.05) is 23.2 Å². The third-order valence-corrected chi connectivity index (χ3v) is 5.56. The predicted octanol–water partition coefficient (Wildman–Crippen LogP) is 5.26. The molecule has 1 aromatic carbocycles. The first kappa shape index (κ1) is 22.1. The van der Waals surface area contributed by atoms with E-state index in [1.165, 1.54) is 51.0 Å². The maximum atomic E-state index is 12.2. The Morgan fingerprint density at radius 2 is 1.63 bits per heavy atom. The van der Waals surface area contributed by atoms with Crippen molar-refractivity contribution in [3.8, 4) is 5.75 Å². The van der Waals surface area contributed by atoms with E-state index in [2.05, 4.69) is 10.5 Å². The van der Waals surface area contributed by atoms with Gasteiger partial charge >= 0.3 is 5.63 Å². The summed E-state index contributed by atoms with van der Waals surface area (Å²) in [5.41, 5.74) is 4.61. The number of hydrogen-bond acceptors (Lipinski definition) is 5. The molecule has 0 atom stereocenters. The lowest BCUT2D eigenvalue weighted by Crippen LogP contribution is -2.26. The number of benzene rings is 1. The van der Waals surface area contributed by atoms with Crippen molar-refractivity contribution in [1.82, 2.24) is 5.43 Å². The van der Waals surface area contributed by atoms with E-state index in [0.29, 0.717) is 11.3 Å². The summed E-state index contributed by atoms with van der Waals surface area (Å²) in [7, 11) is 0. The highest BCUT2D eigenvalue weighted by Gasteiger charge is 2.08. The molecule has 0 unspecified atom stereocenters. The van der Waals surface area contributed by atoms with Crippen molar-refractivity contribution < 1.29 is 13.9 Å². The molecule has 1 N–H and O–H groups in total. The van der Waals surface area contributed by atoms with Gasteiger partial charge in [-0.2, -0.15) is 5.10 Å². The maximum absolute atomic E-state index is 12.2. The van der Waals surface area contributed by atoms with E-state index in [4.69, 9.17) is 9.15 Å². The van der Waals surface area contributed by atoms with Crippen molar-refractivity contribution in [2.75, 3.05) is 6.61 Å². The fourth-order valence-corrected chi connectivity index (χ4v) is 3.85. The third kappa shape index (κ3) is 7.01. The molecule has 1 aliphatic rings. The SMILES string of the molecule is Cc1cc(=O)oc2cc(OCC(=O)NN=C3CCCCCCCCCCC3)ccc12. The summed E-state index contributed by atoms with van der Waals surface area (Å²) in [6, 6.07) is 6.68. The minimum atomic E-state index is -0.400. The van der Waals surface area contributed by atoms with Crippen LogP contribution in [0.4, 0.5) is 0 Å². The van der Waals surface area contributed by atoms with Crippen LogP contribution in [0, 0.1) is 6.92 Å². The zero-order chi connectivity index (χ0) is 21.2. The summed E-state index contributed by atoms with van der Waals surface area (Å²) in [4.78, 5) is 23.7. The topological polar surface area (TPSA) is 80.9 Å². The second-order valence-corrected chi connectivity index (χ2v) is 8.09. The number of carbonyl (C=O) groups is 1. The van der Waals surface area contributed by atoms with Gasteiger partial charge in [-0.1, -0.05) is 44.9 Å². The highest BCUT2D eigenvalue weighted by molar-refractivity contribution is 5.86. The fraction of sp³-hybridized carbons (Fsp3) is 0.542. The monoisotopic (exact) mass is 412 g/mol. The molecule has 1 heterocycles. The summed E-state index contributed by atoms with van der Waals surface area (Å²) in [6.45, 7) is 1.72. The highest BCUT2D eigenvalue weighted by atomic mass is 16.5. The van der Waals surface area contributed by atoms with Crippen molar-refractivity contribution in [2.45, 2.75) is 77.6 Å². The molecule has 1 aromatic heterocycles. The molecule has 0 aliphatic heterocycles. The van der Waals surface area contributed by atoms with E-state index in [-0.39, 0.29) is 12.5 Å². The molecule has 1 saturated carbocycles. The Hall–Kier alpha value is -2.63. The molecule has 0 radical (unpaired) electrons.